The van der Waals surface area contributed by atoms with Crippen molar-refractivity contribution >= 4 is 23.5 Å². The van der Waals surface area contributed by atoms with Crippen LogP contribution in [0.15, 0.2) is 47.8 Å². The number of piperidine rings is 1. The summed E-state index contributed by atoms with van der Waals surface area (Å²) in [6, 6.07) is 9.64. The fourth-order valence-corrected chi connectivity index (χ4v) is 3.51. The molecule has 126 valence electrons. The molecule has 2 aromatic rings. The fourth-order valence-electron chi connectivity index (χ4n) is 2.97. The molecule has 1 amide bonds. The summed E-state index contributed by atoms with van der Waals surface area (Å²) in [7, 11) is 0. The van der Waals surface area contributed by atoms with E-state index in [-0.39, 0.29) is 5.91 Å². The molecule has 1 N–H and O–H groups in total. The van der Waals surface area contributed by atoms with Crippen molar-refractivity contribution in [3.05, 3.63) is 48.3 Å². The lowest BCUT2D eigenvalue weighted by molar-refractivity contribution is 0.0941. The predicted molar refractivity (Wildman–Crippen MR) is 97.5 cm³/mol. The first-order valence-electron chi connectivity index (χ1n) is 8.21. The Balaban J connectivity index is 1.49. The van der Waals surface area contributed by atoms with Crippen LogP contribution in [-0.4, -0.2) is 41.8 Å². The molecule has 24 heavy (non-hydrogen) atoms. The summed E-state index contributed by atoms with van der Waals surface area (Å²) in [6.07, 6.45) is 7.62. The van der Waals surface area contributed by atoms with Gasteiger partial charge in [0.25, 0.3) is 5.91 Å². The Morgan fingerprint density at radius 1 is 1.21 bits per heavy atom. The maximum absolute atomic E-state index is 12.4. The van der Waals surface area contributed by atoms with Gasteiger partial charge in [0.05, 0.1) is 5.56 Å². The Hall–Kier alpha value is -2.08. The van der Waals surface area contributed by atoms with Crippen LogP contribution in [0.5, 0.6) is 0 Å². The molecule has 1 fully saturated rings. The maximum atomic E-state index is 12.4. The number of carbonyl (C=O) groups excluding carboxylic acids is 1. The molecule has 0 unspecified atom stereocenters. The fraction of sp³-hybridized carbons (Fsp3) is 0.389. The van der Waals surface area contributed by atoms with E-state index in [2.05, 4.69) is 26.3 Å². The van der Waals surface area contributed by atoms with Gasteiger partial charge in [-0.15, -0.1) is 11.8 Å². The van der Waals surface area contributed by atoms with Gasteiger partial charge in [-0.25, -0.2) is 9.97 Å². The highest BCUT2D eigenvalue weighted by atomic mass is 32.2. The first-order chi connectivity index (χ1) is 11.8. The number of nitrogens with one attached hydrogen (secondary N) is 1. The molecule has 0 radical (unpaired) electrons. The molecule has 0 bridgehead atoms. The SMILES string of the molecule is CSc1ncccc1C(=O)NCC1CCN(c2ccccn2)CC1. The van der Waals surface area contributed by atoms with Gasteiger partial charge < -0.3 is 10.2 Å². The number of aromatic nitrogens is 2. The molecule has 1 aliphatic rings. The van der Waals surface area contributed by atoms with E-state index in [1.54, 1.807) is 12.3 Å². The van der Waals surface area contributed by atoms with Crippen molar-refractivity contribution in [3.8, 4) is 0 Å². The molecule has 5 nitrogen and oxygen atoms in total. The van der Waals surface area contributed by atoms with Gasteiger partial charge >= 0.3 is 0 Å². The predicted octanol–water partition coefficient (Wildman–Crippen LogP) is 2.84. The summed E-state index contributed by atoms with van der Waals surface area (Å²) in [5.41, 5.74) is 0.663. The number of hydrogen-bond donors (Lipinski definition) is 1. The molecule has 0 aliphatic carbocycles. The van der Waals surface area contributed by atoms with E-state index < -0.39 is 0 Å². The van der Waals surface area contributed by atoms with Crippen molar-refractivity contribution in [3.63, 3.8) is 0 Å². The zero-order valence-corrected chi connectivity index (χ0v) is 14.6. The van der Waals surface area contributed by atoms with E-state index in [1.807, 2.05) is 30.7 Å². The molecule has 1 aliphatic heterocycles. The van der Waals surface area contributed by atoms with Crippen LogP contribution in [0.1, 0.15) is 23.2 Å². The number of nitrogens with zero attached hydrogens (tertiary/aromatic N) is 3. The maximum Gasteiger partial charge on any atom is 0.254 e. The van der Waals surface area contributed by atoms with Crippen LogP contribution >= 0.6 is 11.8 Å². The highest BCUT2D eigenvalue weighted by Gasteiger charge is 2.21. The van der Waals surface area contributed by atoms with Gasteiger partial charge in [-0.1, -0.05) is 6.07 Å². The minimum Gasteiger partial charge on any atom is -0.357 e. The quantitative estimate of drug-likeness (QED) is 0.847. The molecule has 0 aromatic carbocycles. The van der Waals surface area contributed by atoms with E-state index in [0.717, 1.165) is 43.3 Å². The topological polar surface area (TPSA) is 58.1 Å². The number of hydrogen-bond acceptors (Lipinski definition) is 5. The summed E-state index contributed by atoms with van der Waals surface area (Å²) in [5, 5.41) is 3.85. The molecule has 3 rings (SSSR count). The summed E-state index contributed by atoms with van der Waals surface area (Å²) in [5.74, 6) is 1.53. The Bertz CT molecular complexity index is 672. The Kier molecular flexibility index (Phi) is 5.69. The molecule has 2 aromatic heterocycles. The third-order valence-electron chi connectivity index (χ3n) is 4.35. The highest BCUT2D eigenvalue weighted by molar-refractivity contribution is 7.98. The van der Waals surface area contributed by atoms with Crippen molar-refractivity contribution in [2.45, 2.75) is 17.9 Å². The average Bonchev–Trinajstić information content (AvgIpc) is 2.67. The van der Waals surface area contributed by atoms with Gasteiger partial charge in [0.2, 0.25) is 0 Å². The highest BCUT2D eigenvalue weighted by Crippen LogP contribution is 2.21. The monoisotopic (exact) mass is 342 g/mol. The minimum absolute atomic E-state index is 0.0281. The first-order valence-corrected chi connectivity index (χ1v) is 9.43. The lowest BCUT2D eigenvalue weighted by Gasteiger charge is -2.32. The second-order valence-electron chi connectivity index (χ2n) is 5.89. The van der Waals surface area contributed by atoms with Crippen LogP contribution < -0.4 is 10.2 Å². The van der Waals surface area contributed by atoms with Crippen LogP contribution in [0.2, 0.25) is 0 Å². The Labute approximate surface area is 146 Å². The van der Waals surface area contributed by atoms with E-state index in [0.29, 0.717) is 11.5 Å². The summed E-state index contributed by atoms with van der Waals surface area (Å²) >= 11 is 1.50. The molecule has 1 saturated heterocycles. The third kappa shape index (κ3) is 4.06. The van der Waals surface area contributed by atoms with Crippen molar-refractivity contribution in [1.29, 1.82) is 0 Å². The van der Waals surface area contributed by atoms with Gasteiger partial charge in [-0.3, -0.25) is 4.79 Å². The molecule has 0 atom stereocenters. The number of carbonyl (C=O) groups is 1. The van der Waals surface area contributed by atoms with Crippen LogP contribution in [0.3, 0.4) is 0 Å². The number of anilines is 1. The van der Waals surface area contributed by atoms with E-state index >= 15 is 0 Å². The number of thioether (sulfide) groups is 1. The summed E-state index contributed by atoms with van der Waals surface area (Å²) < 4.78 is 0. The second-order valence-corrected chi connectivity index (χ2v) is 6.68. The number of pyridine rings is 2. The first kappa shape index (κ1) is 16.8. The summed E-state index contributed by atoms with van der Waals surface area (Å²) in [4.78, 5) is 23.3. The lowest BCUT2D eigenvalue weighted by atomic mass is 9.96. The number of rotatable bonds is 5. The van der Waals surface area contributed by atoms with Gasteiger partial charge in [-0.05, 0) is 49.3 Å². The van der Waals surface area contributed by atoms with E-state index in [4.69, 9.17) is 0 Å². The smallest absolute Gasteiger partial charge is 0.254 e. The van der Waals surface area contributed by atoms with Gasteiger partial charge in [0, 0.05) is 32.0 Å². The molecule has 3 heterocycles. The zero-order valence-electron chi connectivity index (χ0n) is 13.8. The van der Waals surface area contributed by atoms with Crippen LogP contribution in [0, 0.1) is 5.92 Å². The van der Waals surface area contributed by atoms with Gasteiger partial charge in [-0.2, -0.15) is 0 Å². The largest absolute Gasteiger partial charge is 0.357 e. The third-order valence-corrected chi connectivity index (χ3v) is 5.06. The van der Waals surface area contributed by atoms with Crippen molar-refractivity contribution in [2.75, 3.05) is 30.8 Å². The second kappa shape index (κ2) is 8.15. The molecular formula is C18H22N4OS. The van der Waals surface area contributed by atoms with Gasteiger partial charge in [0.1, 0.15) is 10.8 Å². The van der Waals surface area contributed by atoms with Crippen molar-refractivity contribution in [2.24, 2.45) is 5.92 Å². The average molecular weight is 342 g/mol. The molecular weight excluding hydrogens is 320 g/mol. The normalized spacial score (nSPS) is 15.3. The molecule has 0 saturated carbocycles. The van der Waals surface area contributed by atoms with E-state index in [9.17, 15) is 4.79 Å². The molecule has 6 heteroatoms. The standard InChI is InChI=1S/C18H22N4OS/c1-24-18-15(5-4-10-20-18)17(23)21-13-14-7-11-22(12-8-14)16-6-2-3-9-19-16/h2-6,9-10,14H,7-8,11-13H2,1H3,(H,21,23). The van der Waals surface area contributed by atoms with Crippen LogP contribution in [-0.2, 0) is 0 Å². The van der Waals surface area contributed by atoms with E-state index in [1.165, 1.54) is 11.8 Å². The minimum atomic E-state index is -0.0281. The van der Waals surface area contributed by atoms with Crippen LogP contribution in [0.25, 0.3) is 0 Å². The van der Waals surface area contributed by atoms with Crippen molar-refractivity contribution < 1.29 is 4.79 Å². The summed E-state index contributed by atoms with van der Waals surface area (Å²) in [6.45, 7) is 2.69. The van der Waals surface area contributed by atoms with Gasteiger partial charge in [0.15, 0.2) is 0 Å². The van der Waals surface area contributed by atoms with Crippen molar-refractivity contribution in [1.82, 2.24) is 15.3 Å². The van der Waals surface area contributed by atoms with Crippen LogP contribution in [0.4, 0.5) is 5.82 Å². The zero-order chi connectivity index (χ0) is 16.8. The lowest BCUT2D eigenvalue weighted by Crippen LogP contribution is -2.39. The number of amides is 1. The Morgan fingerprint density at radius 3 is 2.71 bits per heavy atom. The molecule has 0 spiro atoms. The Morgan fingerprint density at radius 2 is 2.00 bits per heavy atom.